The Morgan fingerprint density at radius 1 is 1.14 bits per heavy atom. The van der Waals surface area contributed by atoms with E-state index in [-0.39, 0.29) is 5.41 Å². The summed E-state index contributed by atoms with van der Waals surface area (Å²) in [5.41, 5.74) is 2.48. The zero-order valence-electron chi connectivity index (χ0n) is 14.0. The van der Waals surface area contributed by atoms with Crippen molar-refractivity contribution >= 4 is 17.2 Å². The SMILES string of the molecule is CCN1CCC(C)(C)/C1=N\c1ccccc1N1CCOCC1. The lowest BCUT2D eigenvalue weighted by Crippen LogP contribution is -2.36. The number of amidine groups is 1. The number of hydrogen-bond acceptors (Lipinski definition) is 3. The standard InChI is InChI=1S/C18H27N3O/c1-4-20-10-9-18(2,3)17(20)19-15-7-5-6-8-16(15)21-11-13-22-14-12-21/h5-8H,4,9-14H2,1-3H3/b19-17+. The normalized spacial score (nSPS) is 23.3. The molecule has 0 unspecified atom stereocenters. The molecule has 2 aliphatic heterocycles. The Morgan fingerprint density at radius 3 is 2.59 bits per heavy atom. The maximum atomic E-state index is 5.48. The molecule has 22 heavy (non-hydrogen) atoms. The van der Waals surface area contributed by atoms with Crippen LogP contribution in [0.15, 0.2) is 29.3 Å². The molecule has 120 valence electrons. The number of rotatable bonds is 3. The van der Waals surface area contributed by atoms with Crippen molar-refractivity contribution in [3.63, 3.8) is 0 Å². The molecule has 4 nitrogen and oxygen atoms in total. The van der Waals surface area contributed by atoms with Crippen LogP contribution in [-0.4, -0.2) is 50.1 Å². The number of para-hydroxylation sites is 2. The molecule has 0 atom stereocenters. The van der Waals surface area contributed by atoms with Crippen LogP contribution < -0.4 is 4.90 Å². The van der Waals surface area contributed by atoms with Gasteiger partial charge >= 0.3 is 0 Å². The van der Waals surface area contributed by atoms with Gasteiger partial charge < -0.3 is 14.5 Å². The van der Waals surface area contributed by atoms with Gasteiger partial charge in [-0.1, -0.05) is 26.0 Å². The van der Waals surface area contributed by atoms with Gasteiger partial charge in [-0.15, -0.1) is 0 Å². The zero-order chi connectivity index (χ0) is 15.6. The molecule has 2 heterocycles. The molecule has 0 bridgehead atoms. The maximum Gasteiger partial charge on any atom is 0.111 e. The number of morpholine rings is 1. The van der Waals surface area contributed by atoms with Crippen molar-refractivity contribution in [2.75, 3.05) is 44.3 Å². The molecule has 0 spiro atoms. The number of hydrogen-bond donors (Lipinski definition) is 0. The van der Waals surface area contributed by atoms with Crippen LogP contribution in [-0.2, 0) is 4.74 Å². The molecule has 2 aliphatic rings. The van der Waals surface area contributed by atoms with Gasteiger partial charge in [0.05, 0.1) is 24.6 Å². The van der Waals surface area contributed by atoms with Gasteiger partial charge in [0.2, 0.25) is 0 Å². The Morgan fingerprint density at radius 2 is 1.86 bits per heavy atom. The molecule has 4 heteroatoms. The minimum atomic E-state index is 0.161. The number of anilines is 1. The van der Waals surface area contributed by atoms with Crippen LogP contribution in [0.1, 0.15) is 27.2 Å². The Hall–Kier alpha value is -1.55. The first-order valence-electron chi connectivity index (χ1n) is 8.37. The maximum absolute atomic E-state index is 5.48. The number of ether oxygens (including phenoxy) is 1. The highest BCUT2D eigenvalue weighted by Gasteiger charge is 2.35. The fourth-order valence-electron chi connectivity index (χ4n) is 3.33. The summed E-state index contributed by atoms with van der Waals surface area (Å²) in [6.45, 7) is 12.5. The third-order valence-electron chi connectivity index (χ3n) is 4.75. The predicted molar refractivity (Wildman–Crippen MR) is 92.2 cm³/mol. The van der Waals surface area contributed by atoms with Crippen molar-refractivity contribution in [2.24, 2.45) is 10.4 Å². The summed E-state index contributed by atoms with van der Waals surface area (Å²) in [6.07, 6.45) is 1.18. The lowest BCUT2D eigenvalue weighted by atomic mass is 9.91. The van der Waals surface area contributed by atoms with Gasteiger partial charge in [0, 0.05) is 31.6 Å². The first-order valence-corrected chi connectivity index (χ1v) is 8.37. The largest absolute Gasteiger partial charge is 0.378 e. The lowest BCUT2D eigenvalue weighted by Gasteiger charge is -2.30. The fourth-order valence-corrected chi connectivity index (χ4v) is 3.33. The average molecular weight is 301 g/mol. The van der Waals surface area contributed by atoms with Gasteiger partial charge in [-0.05, 0) is 25.5 Å². The van der Waals surface area contributed by atoms with Crippen molar-refractivity contribution in [3.05, 3.63) is 24.3 Å². The topological polar surface area (TPSA) is 28.1 Å². The van der Waals surface area contributed by atoms with E-state index in [2.05, 4.69) is 54.8 Å². The molecule has 0 aliphatic carbocycles. The summed E-state index contributed by atoms with van der Waals surface area (Å²) >= 11 is 0. The predicted octanol–water partition coefficient (Wildman–Crippen LogP) is 3.31. The van der Waals surface area contributed by atoms with Crippen LogP contribution in [0.5, 0.6) is 0 Å². The monoisotopic (exact) mass is 301 g/mol. The van der Waals surface area contributed by atoms with E-state index in [0.29, 0.717) is 0 Å². The minimum Gasteiger partial charge on any atom is -0.378 e. The number of aliphatic imine (C=N–C) groups is 1. The molecule has 0 aromatic heterocycles. The molecule has 0 amide bonds. The smallest absolute Gasteiger partial charge is 0.111 e. The van der Waals surface area contributed by atoms with Crippen LogP contribution in [0.25, 0.3) is 0 Å². The van der Waals surface area contributed by atoms with Crippen LogP contribution >= 0.6 is 0 Å². The Bertz CT molecular complexity index is 547. The van der Waals surface area contributed by atoms with Crippen LogP contribution in [0.4, 0.5) is 11.4 Å². The molecular weight excluding hydrogens is 274 g/mol. The number of likely N-dealkylation sites (tertiary alicyclic amines) is 1. The second kappa shape index (κ2) is 6.29. The van der Waals surface area contributed by atoms with Crippen LogP contribution in [0, 0.1) is 5.41 Å². The molecule has 3 rings (SSSR count). The van der Waals surface area contributed by atoms with Crippen molar-refractivity contribution in [2.45, 2.75) is 27.2 Å². The van der Waals surface area contributed by atoms with Gasteiger partial charge in [-0.3, -0.25) is 0 Å². The van der Waals surface area contributed by atoms with Gasteiger partial charge in [0.15, 0.2) is 0 Å². The highest BCUT2D eigenvalue weighted by Crippen LogP contribution is 2.36. The zero-order valence-corrected chi connectivity index (χ0v) is 14.0. The highest BCUT2D eigenvalue weighted by molar-refractivity contribution is 5.92. The summed E-state index contributed by atoms with van der Waals surface area (Å²) in [6, 6.07) is 8.51. The van der Waals surface area contributed by atoms with Gasteiger partial charge in [-0.2, -0.15) is 0 Å². The van der Waals surface area contributed by atoms with Gasteiger partial charge in [0.1, 0.15) is 5.84 Å². The van der Waals surface area contributed by atoms with E-state index in [1.165, 1.54) is 17.9 Å². The average Bonchev–Trinajstić information content (AvgIpc) is 2.83. The van der Waals surface area contributed by atoms with E-state index < -0.39 is 0 Å². The van der Waals surface area contributed by atoms with Crippen molar-refractivity contribution < 1.29 is 4.74 Å². The molecule has 0 radical (unpaired) electrons. The second-order valence-electron chi connectivity index (χ2n) is 6.74. The van der Waals surface area contributed by atoms with E-state index in [1.807, 2.05) is 0 Å². The van der Waals surface area contributed by atoms with Crippen LogP contribution in [0.3, 0.4) is 0 Å². The highest BCUT2D eigenvalue weighted by atomic mass is 16.5. The Kier molecular flexibility index (Phi) is 4.39. The summed E-state index contributed by atoms with van der Waals surface area (Å²) < 4.78 is 5.48. The van der Waals surface area contributed by atoms with E-state index in [9.17, 15) is 0 Å². The molecular formula is C18H27N3O. The van der Waals surface area contributed by atoms with Gasteiger partial charge in [0.25, 0.3) is 0 Å². The lowest BCUT2D eigenvalue weighted by molar-refractivity contribution is 0.123. The quantitative estimate of drug-likeness (QED) is 0.857. The van der Waals surface area contributed by atoms with E-state index in [1.54, 1.807) is 0 Å². The molecule has 1 aromatic carbocycles. The third-order valence-corrected chi connectivity index (χ3v) is 4.75. The summed E-state index contributed by atoms with van der Waals surface area (Å²) in [5.74, 6) is 1.23. The Balaban J connectivity index is 1.96. The molecule has 2 fully saturated rings. The molecule has 1 aromatic rings. The third kappa shape index (κ3) is 2.98. The Labute approximate surface area is 133 Å². The number of nitrogens with zero attached hydrogens (tertiary/aromatic N) is 3. The molecule has 0 saturated carbocycles. The summed E-state index contributed by atoms with van der Waals surface area (Å²) in [4.78, 5) is 9.90. The van der Waals surface area contributed by atoms with E-state index >= 15 is 0 Å². The fraction of sp³-hybridized carbons (Fsp3) is 0.611. The van der Waals surface area contributed by atoms with Gasteiger partial charge in [-0.25, -0.2) is 4.99 Å². The van der Waals surface area contributed by atoms with Crippen molar-refractivity contribution in [1.29, 1.82) is 0 Å². The van der Waals surface area contributed by atoms with E-state index in [0.717, 1.165) is 45.1 Å². The molecule has 2 saturated heterocycles. The summed E-state index contributed by atoms with van der Waals surface area (Å²) in [7, 11) is 0. The first-order chi connectivity index (χ1) is 10.6. The van der Waals surface area contributed by atoms with Crippen molar-refractivity contribution in [3.8, 4) is 0 Å². The summed E-state index contributed by atoms with van der Waals surface area (Å²) in [5, 5.41) is 0. The molecule has 0 N–H and O–H groups in total. The number of benzene rings is 1. The minimum absolute atomic E-state index is 0.161. The van der Waals surface area contributed by atoms with E-state index in [4.69, 9.17) is 9.73 Å². The second-order valence-corrected chi connectivity index (χ2v) is 6.74. The van der Waals surface area contributed by atoms with Crippen LogP contribution in [0.2, 0.25) is 0 Å². The first kappa shape index (κ1) is 15.3. The van der Waals surface area contributed by atoms with Crippen molar-refractivity contribution in [1.82, 2.24) is 4.90 Å².